The van der Waals surface area contributed by atoms with Gasteiger partial charge in [0.2, 0.25) is 0 Å². The van der Waals surface area contributed by atoms with Gasteiger partial charge in [-0.25, -0.2) is 0 Å². The molecule has 1 aromatic rings. The van der Waals surface area contributed by atoms with Crippen molar-refractivity contribution < 1.29 is 4.79 Å². The van der Waals surface area contributed by atoms with Crippen molar-refractivity contribution in [2.24, 2.45) is 0 Å². The summed E-state index contributed by atoms with van der Waals surface area (Å²) in [6.45, 7) is 2.07. The Morgan fingerprint density at radius 2 is 2.00 bits per heavy atom. The Kier molecular flexibility index (Phi) is 4.68. The van der Waals surface area contributed by atoms with E-state index in [1.54, 1.807) is 0 Å². The van der Waals surface area contributed by atoms with Gasteiger partial charge < -0.3 is 0 Å². The van der Waals surface area contributed by atoms with Crippen molar-refractivity contribution in [1.82, 2.24) is 0 Å². The molecule has 0 aromatic heterocycles. The molecule has 0 saturated carbocycles. The third-order valence-electron chi connectivity index (χ3n) is 2.10. The first-order chi connectivity index (χ1) is 6.74. The summed E-state index contributed by atoms with van der Waals surface area (Å²) in [6.07, 6.45) is 2.37. The minimum absolute atomic E-state index is 0.0206. The molecule has 0 heterocycles. The van der Waals surface area contributed by atoms with E-state index in [-0.39, 0.29) is 11.2 Å². The SMILES string of the molecule is CCCC(Cl)CC(=O)c1ccccc1. The summed E-state index contributed by atoms with van der Waals surface area (Å²) >= 11 is 6.00. The number of alkyl halides is 1. The van der Waals surface area contributed by atoms with Gasteiger partial charge in [-0.1, -0.05) is 43.7 Å². The fourth-order valence-corrected chi connectivity index (χ4v) is 1.72. The molecular formula is C12H15ClO. The van der Waals surface area contributed by atoms with E-state index in [0.29, 0.717) is 6.42 Å². The summed E-state index contributed by atoms with van der Waals surface area (Å²) in [5.74, 6) is 0.138. The Labute approximate surface area is 90.1 Å². The van der Waals surface area contributed by atoms with E-state index in [2.05, 4.69) is 6.92 Å². The second-order valence-electron chi connectivity index (χ2n) is 3.38. The van der Waals surface area contributed by atoms with Crippen molar-refractivity contribution in [2.75, 3.05) is 0 Å². The second-order valence-corrected chi connectivity index (χ2v) is 4.00. The highest BCUT2D eigenvalue weighted by molar-refractivity contribution is 6.22. The number of ketones is 1. The van der Waals surface area contributed by atoms with Crippen LogP contribution in [-0.4, -0.2) is 11.2 Å². The molecule has 0 fully saturated rings. The van der Waals surface area contributed by atoms with Gasteiger partial charge in [0.1, 0.15) is 0 Å². The van der Waals surface area contributed by atoms with Gasteiger partial charge in [-0.15, -0.1) is 11.6 Å². The van der Waals surface area contributed by atoms with Crippen molar-refractivity contribution >= 4 is 17.4 Å². The van der Waals surface area contributed by atoms with E-state index in [9.17, 15) is 4.79 Å². The molecule has 2 heteroatoms. The lowest BCUT2D eigenvalue weighted by molar-refractivity contribution is 0.0980. The normalized spacial score (nSPS) is 12.4. The first-order valence-corrected chi connectivity index (χ1v) is 5.40. The minimum atomic E-state index is -0.0206. The number of halogens is 1. The van der Waals surface area contributed by atoms with Crippen LogP contribution in [0.3, 0.4) is 0 Å². The summed E-state index contributed by atoms with van der Waals surface area (Å²) in [5, 5.41) is -0.0206. The van der Waals surface area contributed by atoms with Gasteiger partial charge in [-0.3, -0.25) is 4.79 Å². The fourth-order valence-electron chi connectivity index (χ4n) is 1.36. The van der Waals surface area contributed by atoms with E-state index in [0.717, 1.165) is 18.4 Å². The summed E-state index contributed by atoms with van der Waals surface area (Å²) < 4.78 is 0. The van der Waals surface area contributed by atoms with Crippen LogP contribution < -0.4 is 0 Å². The van der Waals surface area contributed by atoms with Crippen molar-refractivity contribution in [3.05, 3.63) is 35.9 Å². The standard InChI is InChI=1S/C12H15ClO/c1-2-6-11(13)9-12(14)10-7-4-3-5-8-10/h3-5,7-8,11H,2,6,9H2,1H3. The number of benzene rings is 1. The zero-order chi connectivity index (χ0) is 10.4. The Morgan fingerprint density at radius 3 is 2.57 bits per heavy atom. The third kappa shape index (κ3) is 3.51. The molecule has 0 N–H and O–H groups in total. The van der Waals surface area contributed by atoms with Crippen LogP contribution in [0.5, 0.6) is 0 Å². The first kappa shape index (κ1) is 11.3. The van der Waals surface area contributed by atoms with Gasteiger partial charge >= 0.3 is 0 Å². The number of hydrogen-bond acceptors (Lipinski definition) is 1. The highest BCUT2D eigenvalue weighted by Crippen LogP contribution is 2.13. The Bertz CT molecular complexity index is 282. The van der Waals surface area contributed by atoms with E-state index in [4.69, 9.17) is 11.6 Å². The zero-order valence-electron chi connectivity index (χ0n) is 8.37. The molecule has 0 radical (unpaired) electrons. The molecule has 0 bridgehead atoms. The van der Waals surface area contributed by atoms with Gasteiger partial charge in [0, 0.05) is 17.4 Å². The van der Waals surface area contributed by atoms with Gasteiger partial charge in [0.05, 0.1) is 0 Å². The Morgan fingerprint density at radius 1 is 1.36 bits per heavy atom. The molecule has 0 aliphatic carbocycles. The minimum Gasteiger partial charge on any atom is -0.294 e. The molecule has 0 aliphatic rings. The molecule has 0 amide bonds. The first-order valence-electron chi connectivity index (χ1n) is 4.96. The lowest BCUT2D eigenvalue weighted by Crippen LogP contribution is -2.08. The molecule has 1 atom stereocenters. The number of carbonyl (C=O) groups is 1. The molecule has 76 valence electrons. The molecule has 1 nitrogen and oxygen atoms in total. The van der Waals surface area contributed by atoms with E-state index in [1.807, 2.05) is 30.3 Å². The van der Waals surface area contributed by atoms with Gasteiger partial charge in [-0.2, -0.15) is 0 Å². The van der Waals surface area contributed by atoms with Crippen LogP contribution in [-0.2, 0) is 0 Å². The smallest absolute Gasteiger partial charge is 0.164 e. The lowest BCUT2D eigenvalue weighted by Gasteiger charge is -2.06. The Balaban J connectivity index is 2.51. The lowest BCUT2D eigenvalue weighted by atomic mass is 10.0. The van der Waals surface area contributed by atoms with Gasteiger partial charge in [0.25, 0.3) is 0 Å². The fraction of sp³-hybridized carbons (Fsp3) is 0.417. The quantitative estimate of drug-likeness (QED) is 0.536. The average Bonchev–Trinajstić information content (AvgIpc) is 2.19. The predicted molar refractivity (Wildman–Crippen MR) is 59.9 cm³/mol. The maximum atomic E-state index is 11.6. The summed E-state index contributed by atoms with van der Waals surface area (Å²) in [5.41, 5.74) is 0.759. The van der Waals surface area contributed by atoms with E-state index < -0.39 is 0 Å². The van der Waals surface area contributed by atoms with Crippen molar-refractivity contribution in [3.63, 3.8) is 0 Å². The largest absolute Gasteiger partial charge is 0.294 e. The van der Waals surface area contributed by atoms with E-state index >= 15 is 0 Å². The molecule has 1 aromatic carbocycles. The van der Waals surface area contributed by atoms with Crippen LogP contribution in [0.1, 0.15) is 36.5 Å². The average molecular weight is 211 g/mol. The molecular weight excluding hydrogens is 196 g/mol. The number of carbonyl (C=O) groups excluding carboxylic acids is 1. The molecule has 0 saturated heterocycles. The Hall–Kier alpha value is -0.820. The highest BCUT2D eigenvalue weighted by Gasteiger charge is 2.11. The maximum Gasteiger partial charge on any atom is 0.164 e. The van der Waals surface area contributed by atoms with Crippen LogP contribution in [0.4, 0.5) is 0 Å². The van der Waals surface area contributed by atoms with Crippen LogP contribution in [0.15, 0.2) is 30.3 Å². The second kappa shape index (κ2) is 5.82. The van der Waals surface area contributed by atoms with Crippen molar-refractivity contribution in [2.45, 2.75) is 31.6 Å². The summed E-state index contributed by atoms with van der Waals surface area (Å²) in [7, 11) is 0. The molecule has 14 heavy (non-hydrogen) atoms. The van der Waals surface area contributed by atoms with Gasteiger partial charge in [-0.05, 0) is 6.42 Å². The zero-order valence-corrected chi connectivity index (χ0v) is 9.13. The molecule has 0 spiro atoms. The number of Topliss-reactive ketones (excluding diaryl/α,β-unsaturated/α-hetero) is 1. The topological polar surface area (TPSA) is 17.1 Å². The van der Waals surface area contributed by atoms with Crippen molar-refractivity contribution in [3.8, 4) is 0 Å². The van der Waals surface area contributed by atoms with Gasteiger partial charge in [0.15, 0.2) is 5.78 Å². The van der Waals surface area contributed by atoms with Crippen LogP contribution in [0.2, 0.25) is 0 Å². The monoisotopic (exact) mass is 210 g/mol. The van der Waals surface area contributed by atoms with E-state index in [1.165, 1.54) is 0 Å². The van der Waals surface area contributed by atoms with Crippen molar-refractivity contribution in [1.29, 1.82) is 0 Å². The van der Waals surface area contributed by atoms with Crippen LogP contribution in [0.25, 0.3) is 0 Å². The number of rotatable bonds is 5. The van der Waals surface area contributed by atoms with Crippen LogP contribution >= 0.6 is 11.6 Å². The summed E-state index contributed by atoms with van der Waals surface area (Å²) in [6, 6.07) is 9.31. The summed E-state index contributed by atoms with van der Waals surface area (Å²) in [4.78, 5) is 11.6. The molecule has 1 rings (SSSR count). The number of hydrogen-bond donors (Lipinski definition) is 0. The third-order valence-corrected chi connectivity index (χ3v) is 2.48. The van der Waals surface area contributed by atoms with Crippen LogP contribution in [0, 0.1) is 0 Å². The predicted octanol–water partition coefficient (Wildman–Crippen LogP) is 3.67. The maximum absolute atomic E-state index is 11.6. The highest BCUT2D eigenvalue weighted by atomic mass is 35.5. The molecule has 0 aliphatic heterocycles. The molecule has 1 unspecified atom stereocenters.